The molecule has 0 aliphatic carbocycles. The topological polar surface area (TPSA) is 29.0 Å². The summed E-state index contributed by atoms with van der Waals surface area (Å²) in [5.74, 6) is 0.857. The minimum absolute atomic E-state index is 0.278. The van der Waals surface area contributed by atoms with Gasteiger partial charge in [-0.3, -0.25) is 0 Å². The minimum Gasteiger partial charge on any atom is -0.361 e. The van der Waals surface area contributed by atoms with Gasteiger partial charge in [0.1, 0.15) is 5.52 Å². The molecule has 0 aliphatic heterocycles. The van der Waals surface area contributed by atoms with Crippen LogP contribution in [0.4, 0.5) is 5.82 Å². The van der Waals surface area contributed by atoms with Gasteiger partial charge in [0.25, 0.3) is 0 Å². The lowest BCUT2D eigenvalue weighted by Gasteiger charge is -2.11. The second-order valence-corrected chi connectivity index (χ2v) is 5.04. The first-order valence-electron chi connectivity index (χ1n) is 3.87. The highest BCUT2D eigenvalue weighted by Gasteiger charge is 2.12. The summed E-state index contributed by atoms with van der Waals surface area (Å²) in [4.78, 5) is 10.3. The van der Waals surface area contributed by atoms with Gasteiger partial charge in [-0.05, 0) is 27.5 Å². The molecule has 6 heteroatoms. The van der Waals surface area contributed by atoms with Gasteiger partial charge in [-0.15, -0.1) is 11.3 Å². The molecule has 0 amide bonds. The largest absolute Gasteiger partial charge is 0.361 e. The Bertz CT molecular complexity index is 483. The lowest BCUT2D eigenvalue weighted by molar-refractivity contribution is 1.07. The SMILES string of the molecule is CN(C)c1nc(Cl)nc2c(Br)csc12. The van der Waals surface area contributed by atoms with Gasteiger partial charge in [0.05, 0.1) is 9.17 Å². The van der Waals surface area contributed by atoms with Crippen molar-refractivity contribution in [3.63, 3.8) is 0 Å². The highest BCUT2D eigenvalue weighted by Crippen LogP contribution is 2.34. The van der Waals surface area contributed by atoms with Crippen molar-refractivity contribution >= 4 is 54.9 Å². The Hall–Kier alpha value is -0.390. The molecule has 2 aromatic heterocycles. The Labute approximate surface area is 98.9 Å². The van der Waals surface area contributed by atoms with E-state index in [9.17, 15) is 0 Å². The monoisotopic (exact) mass is 291 g/mol. The quantitative estimate of drug-likeness (QED) is 0.756. The Kier molecular flexibility index (Phi) is 2.64. The van der Waals surface area contributed by atoms with Crippen molar-refractivity contribution < 1.29 is 0 Å². The van der Waals surface area contributed by atoms with Crippen LogP contribution < -0.4 is 4.90 Å². The van der Waals surface area contributed by atoms with Gasteiger partial charge in [-0.1, -0.05) is 0 Å². The third-order valence-corrected chi connectivity index (χ3v) is 3.79. The van der Waals surface area contributed by atoms with Gasteiger partial charge in [-0.2, -0.15) is 4.98 Å². The number of thiophene rings is 1. The zero-order chi connectivity index (χ0) is 10.3. The fraction of sp³-hybridized carbons (Fsp3) is 0.250. The zero-order valence-electron chi connectivity index (χ0n) is 7.58. The summed E-state index contributed by atoms with van der Waals surface area (Å²) in [5.41, 5.74) is 0.874. The van der Waals surface area contributed by atoms with Gasteiger partial charge in [0.15, 0.2) is 5.82 Å². The number of anilines is 1. The summed E-state index contributed by atoms with van der Waals surface area (Å²) in [7, 11) is 3.87. The van der Waals surface area contributed by atoms with E-state index in [-0.39, 0.29) is 5.28 Å². The second-order valence-electron chi connectivity index (χ2n) is 2.97. The summed E-state index contributed by atoms with van der Waals surface area (Å²) < 4.78 is 2.01. The first-order chi connectivity index (χ1) is 6.59. The van der Waals surface area contributed by atoms with Gasteiger partial charge in [0.2, 0.25) is 5.28 Å². The van der Waals surface area contributed by atoms with E-state index in [0.29, 0.717) is 0 Å². The molecule has 0 aromatic carbocycles. The molecular formula is C8H7BrClN3S. The Morgan fingerprint density at radius 2 is 2.14 bits per heavy atom. The fourth-order valence-electron chi connectivity index (χ4n) is 1.15. The lowest BCUT2D eigenvalue weighted by Crippen LogP contribution is -2.11. The molecule has 0 bridgehead atoms. The minimum atomic E-state index is 0.278. The molecule has 0 saturated carbocycles. The first-order valence-corrected chi connectivity index (χ1v) is 5.92. The molecular weight excluding hydrogens is 286 g/mol. The zero-order valence-corrected chi connectivity index (χ0v) is 10.7. The van der Waals surface area contributed by atoms with Crippen LogP contribution in [0.2, 0.25) is 5.28 Å². The molecule has 0 spiro atoms. The third kappa shape index (κ3) is 1.60. The number of hydrogen-bond acceptors (Lipinski definition) is 4. The molecule has 0 radical (unpaired) electrons. The second kappa shape index (κ2) is 3.64. The molecule has 2 heterocycles. The molecule has 0 atom stereocenters. The van der Waals surface area contributed by atoms with Gasteiger partial charge in [0, 0.05) is 19.5 Å². The summed E-state index contributed by atoms with van der Waals surface area (Å²) in [6.45, 7) is 0. The van der Waals surface area contributed by atoms with Crippen LogP contribution >= 0.6 is 38.9 Å². The molecule has 0 unspecified atom stereocenters. The third-order valence-electron chi connectivity index (χ3n) is 1.75. The van der Waals surface area contributed by atoms with Crippen LogP contribution in [-0.2, 0) is 0 Å². The normalized spacial score (nSPS) is 10.9. The van der Waals surface area contributed by atoms with E-state index in [1.165, 1.54) is 0 Å². The maximum absolute atomic E-state index is 5.83. The molecule has 2 aromatic rings. The maximum atomic E-state index is 5.83. The summed E-state index contributed by atoms with van der Waals surface area (Å²) >= 11 is 10.9. The van der Waals surface area contributed by atoms with Crippen molar-refractivity contribution in [2.24, 2.45) is 0 Å². The van der Waals surface area contributed by atoms with Crippen LogP contribution in [0.1, 0.15) is 0 Å². The van der Waals surface area contributed by atoms with Crippen LogP contribution in [-0.4, -0.2) is 24.1 Å². The molecule has 0 fully saturated rings. The van der Waals surface area contributed by atoms with Crippen molar-refractivity contribution in [2.75, 3.05) is 19.0 Å². The fourth-order valence-corrected chi connectivity index (χ4v) is 2.95. The van der Waals surface area contributed by atoms with Crippen molar-refractivity contribution in [2.45, 2.75) is 0 Å². The molecule has 0 aliphatic rings. The Balaban J connectivity index is 2.82. The Morgan fingerprint density at radius 3 is 2.79 bits per heavy atom. The number of hydrogen-bond donors (Lipinski definition) is 0. The summed E-state index contributed by atoms with van der Waals surface area (Å²) in [6, 6.07) is 0. The molecule has 74 valence electrons. The van der Waals surface area contributed by atoms with Crippen LogP contribution in [0.25, 0.3) is 10.2 Å². The van der Waals surface area contributed by atoms with E-state index in [1.807, 2.05) is 24.4 Å². The van der Waals surface area contributed by atoms with Crippen LogP contribution in [0, 0.1) is 0 Å². The number of aromatic nitrogens is 2. The molecule has 14 heavy (non-hydrogen) atoms. The first kappa shape index (κ1) is 10.1. The van der Waals surface area contributed by atoms with Crippen LogP contribution in [0.15, 0.2) is 9.85 Å². The van der Waals surface area contributed by atoms with Gasteiger partial charge in [-0.25, -0.2) is 4.98 Å². The predicted molar refractivity (Wildman–Crippen MR) is 64.5 cm³/mol. The molecule has 3 nitrogen and oxygen atoms in total. The van der Waals surface area contributed by atoms with Gasteiger partial charge < -0.3 is 4.90 Å². The van der Waals surface area contributed by atoms with E-state index >= 15 is 0 Å². The molecule has 0 N–H and O–H groups in total. The predicted octanol–water partition coefficient (Wildman–Crippen LogP) is 3.17. The van der Waals surface area contributed by atoms with Crippen molar-refractivity contribution in [3.05, 3.63) is 15.1 Å². The highest BCUT2D eigenvalue weighted by atomic mass is 79.9. The van der Waals surface area contributed by atoms with E-state index in [1.54, 1.807) is 11.3 Å². The Morgan fingerprint density at radius 1 is 1.43 bits per heavy atom. The number of nitrogens with zero attached hydrogens (tertiary/aromatic N) is 3. The van der Waals surface area contributed by atoms with E-state index < -0.39 is 0 Å². The van der Waals surface area contributed by atoms with Crippen LogP contribution in [0.5, 0.6) is 0 Å². The lowest BCUT2D eigenvalue weighted by atomic mass is 10.4. The highest BCUT2D eigenvalue weighted by molar-refractivity contribution is 9.10. The standard InChI is InChI=1S/C8H7BrClN3S/c1-13(2)7-6-5(4(9)3-14-6)11-8(10)12-7/h3H,1-2H3. The average molecular weight is 293 g/mol. The van der Waals surface area contributed by atoms with E-state index in [0.717, 1.165) is 20.5 Å². The number of fused-ring (bicyclic) bond motifs is 1. The number of halogens is 2. The van der Waals surface area contributed by atoms with Crippen molar-refractivity contribution in [1.82, 2.24) is 9.97 Å². The molecule has 2 rings (SSSR count). The summed E-state index contributed by atoms with van der Waals surface area (Å²) in [5, 5.41) is 2.27. The molecule has 0 saturated heterocycles. The summed E-state index contributed by atoms with van der Waals surface area (Å²) in [6.07, 6.45) is 0. The van der Waals surface area contributed by atoms with Gasteiger partial charge >= 0.3 is 0 Å². The van der Waals surface area contributed by atoms with E-state index in [4.69, 9.17) is 11.6 Å². The smallest absolute Gasteiger partial charge is 0.225 e. The maximum Gasteiger partial charge on any atom is 0.225 e. The van der Waals surface area contributed by atoms with Crippen molar-refractivity contribution in [3.8, 4) is 0 Å². The van der Waals surface area contributed by atoms with Crippen LogP contribution in [0.3, 0.4) is 0 Å². The number of rotatable bonds is 1. The van der Waals surface area contributed by atoms with E-state index in [2.05, 4.69) is 25.9 Å². The van der Waals surface area contributed by atoms with Crippen molar-refractivity contribution in [1.29, 1.82) is 0 Å². The average Bonchev–Trinajstić information content (AvgIpc) is 2.47.